The lowest BCUT2D eigenvalue weighted by atomic mass is 10.1. The third kappa shape index (κ3) is 5.19. The SMILES string of the molecule is COc1cc(CO)c(-c2cn3ccc(N4CCN(c5ccnc(N6CCNC(C)C6)n5)CC4)cc3n2)cc1Cl. The van der Waals surface area contributed by atoms with Gasteiger partial charge in [-0.15, -0.1) is 0 Å². The van der Waals surface area contributed by atoms with Crippen LogP contribution in [0.3, 0.4) is 0 Å². The predicted molar refractivity (Wildman–Crippen MR) is 154 cm³/mol. The number of rotatable bonds is 6. The van der Waals surface area contributed by atoms with Crippen LogP contribution in [0.25, 0.3) is 16.9 Å². The number of nitrogens with zero attached hydrogens (tertiary/aromatic N) is 7. The molecule has 3 aromatic heterocycles. The molecule has 204 valence electrons. The number of aliphatic hydroxyl groups is 1. The Kier molecular flexibility index (Phi) is 7.16. The minimum atomic E-state index is -0.131. The molecule has 2 saturated heterocycles. The average Bonchev–Trinajstić information content (AvgIpc) is 3.40. The summed E-state index contributed by atoms with van der Waals surface area (Å²) in [4.78, 5) is 21.3. The van der Waals surface area contributed by atoms with Crippen LogP contribution in [0.5, 0.6) is 5.75 Å². The molecule has 2 aliphatic rings. The van der Waals surface area contributed by atoms with Crippen LogP contribution in [0, 0.1) is 0 Å². The molecule has 0 amide bonds. The molecular formula is C28H33ClN8O2. The Morgan fingerprint density at radius 3 is 2.64 bits per heavy atom. The molecule has 4 aromatic rings. The Hall–Kier alpha value is -3.60. The first-order valence-corrected chi connectivity index (χ1v) is 13.7. The zero-order valence-corrected chi connectivity index (χ0v) is 23.0. The summed E-state index contributed by atoms with van der Waals surface area (Å²) in [7, 11) is 1.56. The Bertz CT molecular complexity index is 1470. The molecule has 0 spiro atoms. The third-order valence-electron chi connectivity index (χ3n) is 7.52. The van der Waals surface area contributed by atoms with Crippen LogP contribution in [0.1, 0.15) is 12.5 Å². The van der Waals surface area contributed by atoms with Gasteiger partial charge in [-0.05, 0) is 36.8 Å². The second kappa shape index (κ2) is 10.9. The molecule has 5 heterocycles. The second-order valence-electron chi connectivity index (χ2n) is 10.1. The van der Waals surface area contributed by atoms with Crippen molar-refractivity contribution in [3.8, 4) is 17.0 Å². The molecule has 0 radical (unpaired) electrons. The smallest absolute Gasteiger partial charge is 0.227 e. The lowest BCUT2D eigenvalue weighted by molar-refractivity contribution is 0.281. The number of pyridine rings is 1. The maximum atomic E-state index is 9.92. The zero-order valence-electron chi connectivity index (χ0n) is 22.2. The van der Waals surface area contributed by atoms with Crippen molar-refractivity contribution in [2.24, 2.45) is 0 Å². The van der Waals surface area contributed by atoms with Gasteiger partial charge in [-0.2, -0.15) is 4.98 Å². The van der Waals surface area contributed by atoms with Crippen molar-refractivity contribution in [1.82, 2.24) is 24.7 Å². The van der Waals surface area contributed by atoms with Gasteiger partial charge in [-0.25, -0.2) is 9.97 Å². The lowest BCUT2D eigenvalue weighted by Gasteiger charge is -2.37. The molecule has 1 atom stereocenters. The largest absolute Gasteiger partial charge is 0.495 e. The van der Waals surface area contributed by atoms with E-state index in [0.717, 1.165) is 85.7 Å². The molecule has 0 aliphatic carbocycles. The standard InChI is InChI=1S/C28H33ClN8O2/c1-19-16-37(8-6-30-19)28-31-5-3-26(33-28)35-11-9-34(10-12-35)21-4-7-36-17-24(32-27(36)14-21)22-15-23(29)25(39-2)13-20(22)18-38/h3-5,7,13-15,17,19,30,38H,6,8-12,16,18H2,1-2H3. The van der Waals surface area contributed by atoms with Gasteiger partial charge in [-0.3, -0.25) is 0 Å². The Morgan fingerprint density at radius 1 is 1.05 bits per heavy atom. The highest BCUT2D eigenvalue weighted by Gasteiger charge is 2.22. The van der Waals surface area contributed by atoms with Crippen LogP contribution in [0.15, 0.2) is 48.9 Å². The minimum Gasteiger partial charge on any atom is -0.495 e. The minimum absolute atomic E-state index is 0.131. The van der Waals surface area contributed by atoms with E-state index in [-0.39, 0.29) is 6.61 Å². The van der Waals surface area contributed by atoms with Crippen molar-refractivity contribution in [2.75, 3.05) is 67.6 Å². The number of benzene rings is 1. The first kappa shape index (κ1) is 25.7. The van der Waals surface area contributed by atoms with E-state index in [1.165, 1.54) is 0 Å². The molecule has 2 N–H and O–H groups in total. The molecule has 1 unspecified atom stereocenters. The highest BCUT2D eigenvalue weighted by atomic mass is 35.5. The summed E-state index contributed by atoms with van der Waals surface area (Å²) in [6.07, 6.45) is 5.86. The lowest BCUT2D eigenvalue weighted by Crippen LogP contribution is -2.50. The number of fused-ring (bicyclic) bond motifs is 1. The molecule has 2 aliphatic heterocycles. The fourth-order valence-electron chi connectivity index (χ4n) is 5.39. The Balaban J connectivity index is 1.17. The first-order valence-electron chi connectivity index (χ1n) is 13.3. The van der Waals surface area contributed by atoms with Crippen molar-refractivity contribution in [3.63, 3.8) is 0 Å². The number of aliphatic hydroxyl groups excluding tert-OH is 1. The Morgan fingerprint density at radius 2 is 1.87 bits per heavy atom. The van der Waals surface area contributed by atoms with Gasteiger partial charge >= 0.3 is 0 Å². The topological polar surface area (TPSA) is 94.3 Å². The number of hydrogen-bond donors (Lipinski definition) is 2. The van der Waals surface area contributed by atoms with E-state index in [0.29, 0.717) is 16.8 Å². The molecule has 0 bridgehead atoms. The number of piperazine rings is 2. The van der Waals surface area contributed by atoms with Crippen LogP contribution >= 0.6 is 11.6 Å². The number of nitrogens with one attached hydrogen (secondary N) is 1. The van der Waals surface area contributed by atoms with E-state index < -0.39 is 0 Å². The highest BCUT2D eigenvalue weighted by molar-refractivity contribution is 6.32. The highest BCUT2D eigenvalue weighted by Crippen LogP contribution is 2.34. The zero-order chi connectivity index (χ0) is 26.9. The van der Waals surface area contributed by atoms with Crippen LogP contribution in [-0.2, 0) is 6.61 Å². The number of methoxy groups -OCH3 is 1. The normalized spacial score (nSPS) is 18.2. The quantitative estimate of drug-likeness (QED) is 0.377. The number of anilines is 3. The summed E-state index contributed by atoms with van der Waals surface area (Å²) in [5.74, 6) is 2.33. The number of halogens is 1. The molecule has 2 fully saturated rings. The van der Waals surface area contributed by atoms with Crippen LogP contribution in [-0.4, -0.2) is 83.4 Å². The molecule has 6 rings (SSSR count). The van der Waals surface area contributed by atoms with E-state index in [2.05, 4.69) is 44.1 Å². The van der Waals surface area contributed by atoms with Crippen molar-refractivity contribution in [2.45, 2.75) is 19.6 Å². The van der Waals surface area contributed by atoms with Crippen LogP contribution < -0.4 is 24.8 Å². The van der Waals surface area contributed by atoms with Crippen LogP contribution in [0.2, 0.25) is 5.02 Å². The van der Waals surface area contributed by atoms with Crippen molar-refractivity contribution in [3.05, 3.63) is 59.5 Å². The van der Waals surface area contributed by atoms with Gasteiger partial charge in [0.05, 0.1) is 24.4 Å². The van der Waals surface area contributed by atoms with Gasteiger partial charge in [0, 0.05) is 87.8 Å². The van der Waals surface area contributed by atoms with Gasteiger partial charge in [0.25, 0.3) is 0 Å². The Labute approximate surface area is 232 Å². The number of hydrogen-bond acceptors (Lipinski definition) is 9. The van der Waals surface area contributed by atoms with Gasteiger partial charge in [0.15, 0.2) is 0 Å². The maximum Gasteiger partial charge on any atom is 0.227 e. The van der Waals surface area contributed by atoms with Crippen molar-refractivity contribution >= 4 is 34.7 Å². The molecule has 39 heavy (non-hydrogen) atoms. The summed E-state index contributed by atoms with van der Waals surface area (Å²) in [5.41, 5.74) is 4.24. The van der Waals surface area contributed by atoms with Crippen molar-refractivity contribution in [1.29, 1.82) is 0 Å². The predicted octanol–water partition coefficient (Wildman–Crippen LogP) is 3.07. The summed E-state index contributed by atoms with van der Waals surface area (Å²) >= 11 is 6.38. The fourth-order valence-corrected chi connectivity index (χ4v) is 5.64. The van der Waals surface area contributed by atoms with Crippen LogP contribution in [0.4, 0.5) is 17.5 Å². The van der Waals surface area contributed by atoms with Crippen molar-refractivity contribution < 1.29 is 9.84 Å². The molecule has 1 aromatic carbocycles. The third-order valence-corrected chi connectivity index (χ3v) is 7.81. The molecular weight excluding hydrogens is 516 g/mol. The van der Waals surface area contributed by atoms with E-state index in [1.807, 2.05) is 29.1 Å². The average molecular weight is 549 g/mol. The van der Waals surface area contributed by atoms with Gasteiger partial charge in [0.1, 0.15) is 17.2 Å². The summed E-state index contributed by atoms with van der Waals surface area (Å²) in [5, 5.41) is 13.9. The summed E-state index contributed by atoms with van der Waals surface area (Å²) < 4.78 is 7.30. The number of ether oxygens (including phenoxy) is 1. The van der Waals surface area contributed by atoms with E-state index in [1.54, 1.807) is 19.2 Å². The first-order chi connectivity index (χ1) is 19.0. The number of imidazole rings is 1. The maximum absolute atomic E-state index is 9.92. The van der Waals surface area contributed by atoms with Gasteiger partial charge in [0.2, 0.25) is 5.95 Å². The van der Waals surface area contributed by atoms with E-state index in [9.17, 15) is 5.11 Å². The molecule has 0 saturated carbocycles. The second-order valence-corrected chi connectivity index (χ2v) is 10.5. The summed E-state index contributed by atoms with van der Waals surface area (Å²) in [6, 6.07) is 10.2. The summed E-state index contributed by atoms with van der Waals surface area (Å²) in [6.45, 7) is 8.38. The molecule has 11 heteroatoms. The fraction of sp³-hybridized carbons (Fsp3) is 0.393. The van der Waals surface area contributed by atoms with E-state index >= 15 is 0 Å². The van der Waals surface area contributed by atoms with Gasteiger partial charge < -0.3 is 34.3 Å². The van der Waals surface area contributed by atoms with E-state index in [4.69, 9.17) is 26.3 Å². The number of aromatic nitrogens is 4. The van der Waals surface area contributed by atoms with Gasteiger partial charge in [-0.1, -0.05) is 11.6 Å². The monoisotopic (exact) mass is 548 g/mol. The molecule has 10 nitrogen and oxygen atoms in total.